The van der Waals surface area contributed by atoms with Crippen LogP contribution in [0.4, 0.5) is 5.69 Å². The van der Waals surface area contributed by atoms with Gasteiger partial charge in [-0.25, -0.2) is 8.42 Å². The first-order valence-corrected chi connectivity index (χ1v) is 10.3. The fourth-order valence-corrected chi connectivity index (χ4v) is 4.57. The highest BCUT2D eigenvalue weighted by Gasteiger charge is 2.27. The predicted octanol–water partition coefficient (Wildman–Crippen LogP) is 2.89. The van der Waals surface area contributed by atoms with Gasteiger partial charge in [-0.05, 0) is 50.6 Å². The third-order valence-electron chi connectivity index (χ3n) is 4.55. The lowest BCUT2D eigenvalue weighted by Gasteiger charge is -2.26. The molecule has 0 radical (unpaired) electrons. The second kappa shape index (κ2) is 7.80. The van der Waals surface area contributed by atoms with Crippen LogP contribution in [0.15, 0.2) is 41.3 Å². The van der Waals surface area contributed by atoms with Gasteiger partial charge in [-0.1, -0.05) is 23.3 Å². The number of nitrogens with one attached hydrogen (secondary N) is 1. The average molecular weight is 388 g/mol. The number of nitrogens with zero attached hydrogens (tertiary/aromatic N) is 1. The lowest BCUT2D eigenvalue weighted by molar-refractivity contribution is 0.0730. The Morgan fingerprint density at radius 3 is 2.26 bits per heavy atom. The van der Waals surface area contributed by atoms with Crippen LogP contribution in [0, 0.1) is 20.8 Å². The Morgan fingerprint density at radius 1 is 1.00 bits per heavy atom. The number of benzene rings is 2. The first-order valence-electron chi connectivity index (χ1n) is 8.85. The van der Waals surface area contributed by atoms with Gasteiger partial charge in [0, 0.05) is 24.3 Å². The molecule has 27 heavy (non-hydrogen) atoms. The van der Waals surface area contributed by atoms with Crippen molar-refractivity contribution >= 4 is 21.6 Å². The van der Waals surface area contributed by atoms with E-state index in [1.807, 2.05) is 39.0 Å². The normalized spacial score (nSPS) is 15.5. The van der Waals surface area contributed by atoms with E-state index in [1.54, 1.807) is 12.1 Å². The van der Waals surface area contributed by atoms with Crippen LogP contribution >= 0.6 is 0 Å². The van der Waals surface area contributed by atoms with E-state index in [4.69, 9.17) is 4.74 Å². The van der Waals surface area contributed by atoms with Gasteiger partial charge in [0.15, 0.2) is 0 Å². The summed E-state index contributed by atoms with van der Waals surface area (Å²) in [6.45, 7) is 7.15. The van der Waals surface area contributed by atoms with E-state index >= 15 is 0 Å². The Bertz CT molecular complexity index is 944. The molecule has 0 bridgehead atoms. The van der Waals surface area contributed by atoms with Crippen molar-refractivity contribution in [2.75, 3.05) is 31.6 Å². The summed E-state index contributed by atoms with van der Waals surface area (Å²) < 4.78 is 32.4. The van der Waals surface area contributed by atoms with Crippen molar-refractivity contribution in [1.82, 2.24) is 4.31 Å². The maximum Gasteiger partial charge on any atom is 0.255 e. The van der Waals surface area contributed by atoms with Gasteiger partial charge in [0.2, 0.25) is 10.0 Å². The standard InChI is InChI=1S/C20H24N2O4S/c1-14-10-15(2)12-17(11-14)20(23)21-19-13-18(5-4-16(19)3)27(24,25)22-6-8-26-9-7-22/h4-5,10-13H,6-9H2,1-3H3,(H,21,23). The molecule has 1 amide bonds. The summed E-state index contributed by atoms with van der Waals surface area (Å²) in [4.78, 5) is 12.8. The third-order valence-corrected chi connectivity index (χ3v) is 6.44. The molecule has 6 nitrogen and oxygen atoms in total. The molecular formula is C20H24N2O4S. The van der Waals surface area contributed by atoms with Gasteiger partial charge in [-0.2, -0.15) is 4.31 Å². The molecule has 1 saturated heterocycles. The molecule has 1 fully saturated rings. The van der Waals surface area contributed by atoms with Gasteiger partial charge >= 0.3 is 0 Å². The summed E-state index contributed by atoms with van der Waals surface area (Å²) >= 11 is 0. The van der Waals surface area contributed by atoms with E-state index in [0.717, 1.165) is 16.7 Å². The minimum Gasteiger partial charge on any atom is -0.379 e. The number of rotatable bonds is 4. The summed E-state index contributed by atoms with van der Waals surface area (Å²) in [6, 6.07) is 10.4. The first-order chi connectivity index (χ1) is 12.8. The Morgan fingerprint density at radius 2 is 1.63 bits per heavy atom. The smallest absolute Gasteiger partial charge is 0.255 e. The van der Waals surface area contributed by atoms with Crippen LogP contribution < -0.4 is 5.32 Å². The summed E-state index contributed by atoms with van der Waals surface area (Å²) in [5.41, 5.74) is 3.84. The molecule has 1 N–H and O–H groups in total. The molecule has 144 valence electrons. The Hall–Kier alpha value is -2.22. The van der Waals surface area contributed by atoms with Gasteiger partial charge in [-0.3, -0.25) is 4.79 Å². The van der Waals surface area contributed by atoms with Gasteiger partial charge in [0.1, 0.15) is 0 Å². The fraction of sp³-hybridized carbons (Fsp3) is 0.350. The van der Waals surface area contributed by atoms with Gasteiger partial charge in [0.05, 0.1) is 18.1 Å². The molecule has 0 saturated carbocycles. The summed E-state index contributed by atoms with van der Waals surface area (Å²) in [7, 11) is -3.61. The highest BCUT2D eigenvalue weighted by Crippen LogP contribution is 2.24. The molecule has 1 heterocycles. The number of sulfonamides is 1. The Balaban J connectivity index is 1.88. The number of morpholine rings is 1. The van der Waals surface area contributed by atoms with Crippen LogP contribution in [0.2, 0.25) is 0 Å². The Labute approximate surface area is 160 Å². The van der Waals surface area contributed by atoms with Crippen molar-refractivity contribution in [3.8, 4) is 0 Å². The van der Waals surface area contributed by atoms with Crippen molar-refractivity contribution in [1.29, 1.82) is 0 Å². The molecule has 1 aliphatic heterocycles. The molecule has 0 aliphatic carbocycles. The minimum absolute atomic E-state index is 0.172. The van der Waals surface area contributed by atoms with Crippen molar-refractivity contribution in [3.05, 3.63) is 58.7 Å². The van der Waals surface area contributed by atoms with Gasteiger partial charge < -0.3 is 10.1 Å². The van der Waals surface area contributed by atoms with E-state index in [-0.39, 0.29) is 10.8 Å². The summed E-state index contributed by atoms with van der Waals surface area (Å²) in [6.07, 6.45) is 0. The number of hydrogen-bond acceptors (Lipinski definition) is 4. The number of carbonyl (C=O) groups is 1. The predicted molar refractivity (Wildman–Crippen MR) is 105 cm³/mol. The zero-order valence-corrected chi connectivity index (χ0v) is 16.6. The molecule has 3 rings (SSSR count). The molecule has 0 spiro atoms. The number of amides is 1. The number of anilines is 1. The van der Waals surface area contributed by atoms with E-state index in [2.05, 4.69) is 5.32 Å². The van der Waals surface area contributed by atoms with E-state index in [9.17, 15) is 13.2 Å². The molecule has 2 aromatic rings. The first kappa shape index (κ1) is 19.5. The fourth-order valence-electron chi connectivity index (χ4n) is 3.13. The maximum absolute atomic E-state index is 12.9. The van der Waals surface area contributed by atoms with Crippen LogP contribution in [0.1, 0.15) is 27.0 Å². The zero-order valence-electron chi connectivity index (χ0n) is 15.8. The zero-order chi connectivity index (χ0) is 19.6. The quantitative estimate of drug-likeness (QED) is 0.874. The highest BCUT2D eigenvalue weighted by atomic mass is 32.2. The van der Waals surface area contributed by atoms with E-state index < -0.39 is 10.0 Å². The van der Waals surface area contributed by atoms with Crippen molar-refractivity contribution in [2.45, 2.75) is 25.7 Å². The van der Waals surface area contributed by atoms with Crippen molar-refractivity contribution < 1.29 is 17.9 Å². The topological polar surface area (TPSA) is 75.7 Å². The van der Waals surface area contributed by atoms with Crippen LogP contribution in [0.3, 0.4) is 0 Å². The molecular weight excluding hydrogens is 364 g/mol. The minimum atomic E-state index is -3.61. The molecule has 7 heteroatoms. The lowest BCUT2D eigenvalue weighted by Crippen LogP contribution is -2.40. The molecule has 0 unspecified atom stereocenters. The second-order valence-electron chi connectivity index (χ2n) is 6.82. The third kappa shape index (κ3) is 4.37. The lowest BCUT2D eigenvalue weighted by atomic mass is 10.1. The number of aryl methyl sites for hydroxylation is 3. The monoisotopic (exact) mass is 388 g/mol. The van der Waals surface area contributed by atoms with E-state index in [1.165, 1.54) is 10.4 Å². The molecule has 0 atom stereocenters. The summed E-state index contributed by atoms with van der Waals surface area (Å²) in [5.74, 6) is -0.258. The summed E-state index contributed by atoms with van der Waals surface area (Å²) in [5, 5.41) is 2.85. The van der Waals surface area contributed by atoms with Gasteiger partial charge in [0.25, 0.3) is 5.91 Å². The van der Waals surface area contributed by atoms with Crippen LogP contribution in [-0.4, -0.2) is 44.9 Å². The van der Waals surface area contributed by atoms with Crippen LogP contribution in [0.25, 0.3) is 0 Å². The molecule has 0 aromatic heterocycles. The van der Waals surface area contributed by atoms with Crippen molar-refractivity contribution in [2.24, 2.45) is 0 Å². The van der Waals surface area contributed by atoms with Crippen molar-refractivity contribution in [3.63, 3.8) is 0 Å². The average Bonchev–Trinajstić information content (AvgIpc) is 2.63. The van der Waals surface area contributed by atoms with Gasteiger partial charge in [-0.15, -0.1) is 0 Å². The Kier molecular flexibility index (Phi) is 5.64. The van der Waals surface area contributed by atoms with E-state index in [0.29, 0.717) is 37.6 Å². The van der Waals surface area contributed by atoms with Crippen LogP contribution in [0.5, 0.6) is 0 Å². The highest BCUT2D eigenvalue weighted by molar-refractivity contribution is 7.89. The van der Waals surface area contributed by atoms with Crippen LogP contribution in [-0.2, 0) is 14.8 Å². The largest absolute Gasteiger partial charge is 0.379 e. The second-order valence-corrected chi connectivity index (χ2v) is 8.76. The molecule has 2 aromatic carbocycles. The molecule has 1 aliphatic rings. The number of ether oxygens (including phenoxy) is 1. The SMILES string of the molecule is Cc1cc(C)cc(C(=O)Nc2cc(S(=O)(=O)N3CCOCC3)ccc2C)c1. The number of hydrogen-bond donors (Lipinski definition) is 1. The number of carbonyl (C=O) groups excluding carboxylic acids is 1. The maximum atomic E-state index is 12.9.